The van der Waals surface area contributed by atoms with Gasteiger partial charge in [-0.1, -0.05) is 71.2 Å². The van der Waals surface area contributed by atoms with Crippen molar-refractivity contribution in [3.05, 3.63) is 129 Å². The van der Waals surface area contributed by atoms with Crippen LogP contribution in [0, 0.1) is 6.92 Å². The van der Waals surface area contributed by atoms with Gasteiger partial charge in [-0.3, -0.25) is 14.9 Å². The first-order valence-electron chi connectivity index (χ1n) is 12.6. The predicted molar refractivity (Wildman–Crippen MR) is 158 cm³/mol. The van der Waals surface area contributed by atoms with E-state index in [2.05, 4.69) is 5.32 Å². The number of rotatable bonds is 8. The van der Waals surface area contributed by atoms with Crippen LogP contribution in [0.1, 0.15) is 22.3 Å². The molecule has 7 nitrogen and oxygen atoms in total. The van der Waals surface area contributed by atoms with Crippen LogP contribution in [0.2, 0.25) is 10.0 Å². The topological polar surface area (TPSA) is 84.9 Å². The lowest BCUT2D eigenvalue weighted by atomic mass is 10.1. The SMILES string of the molecule is Cc1ccc(COc2cccc(/C=C3/C(=O)NC(=O)N(c4ccc(OCc5ccc(Cl)cc5Cl)cc4)C3=O)c2)cc1. The number of hydrogen-bond donors (Lipinski definition) is 1. The number of anilines is 1. The average Bonchev–Trinajstić information content (AvgIpc) is 2.95. The van der Waals surface area contributed by atoms with Gasteiger partial charge in [0.05, 0.1) is 5.69 Å². The maximum atomic E-state index is 13.3. The van der Waals surface area contributed by atoms with E-state index in [1.54, 1.807) is 66.7 Å². The van der Waals surface area contributed by atoms with Crippen LogP contribution < -0.4 is 19.7 Å². The smallest absolute Gasteiger partial charge is 0.335 e. The number of benzene rings is 4. The molecule has 0 aliphatic carbocycles. The first kappa shape index (κ1) is 28.0. The molecule has 4 amide bonds. The molecule has 0 radical (unpaired) electrons. The van der Waals surface area contributed by atoms with Gasteiger partial charge in [-0.25, -0.2) is 9.69 Å². The molecule has 1 saturated heterocycles. The van der Waals surface area contributed by atoms with E-state index in [0.29, 0.717) is 33.7 Å². The third kappa shape index (κ3) is 6.77. The number of nitrogens with one attached hydrogen (secondary N) is 1. The van der Waals surface area contributed by atoms with Gasteiger partial charge in [-0.05, 0) is 72.7 Å². The van der Waals surface area contributed by atoms with E-state index in [1.807, 2.05) is 31.2 Å². The zero-order valence-electron chi connectivity index (χ0n) is 21.9. The Balaban J connectivity index is 1.29. The van der Waals surface area contributed by atoms with Gasteiger partial charge < -0.3 is 9.47 Å². The number of urea groups is 1. The molecule has 1 heterocycles. The zero-order chi connectivity index (χ0) is 28.9. The molecule has 0 saturated carbocycles. The number of hydrogen-bond acceptors (Lipinski definition) is 5. The van der Waals surface area contributed by atoms with Crippen LogP contribution in [0.25, 0.3) is 6.08 Å². The molecule has 1 N–H and O–H groups in total. The summed E-state index contributed by atoms with van der Waals surface area (Å²) in [6.07, 6.45) is 1.43. The highest BCUT2D eigenvalue weighted by Crippen LogP contribution is 2.27. The number of carbonyl (C=O) groups is 3. The number of aryl methyl sites for hydroxylation is 1. The summed E-state index contributed by atoms with van der Waals surface area (Å²) < 4.78 is 11.7. The Morgan fingerprint density at radius 3 is 2.27 bits per heavy atom. The average molecular weight is 587 g/mol. The Bertz CT molecular complexity index is 1650. The van der Waals surface area contributed by atoms with Crippen molar-refractivity contribution in [2.75, 3.05) is 4.90 Å². The Labute approximate surface area is 246 Å². The van der Waals surface area contributed by atoms with Crippen molar-refractivity contribution in [1.82, 2.24) is 5.32 Å². The standard InChI is InChI=1S/C32H24Cl2N2O5/c1-20-5-7-21(8-6-20)18-40-27-4-2-3-22(15-27)16-28-30(37)35-32(39)36(31(28)38)25-11-13-26(14-12-25)41-19-23-9-10-24(33)17-29(23)34/h2-17H,18-19H2,1H3,(H,35,37,39)/b28-16-. The normalized spacial score (nSPS) is 14.3. The highest BCUT2D eigenvalue weighted by molar-refractivity contribution is 6.39. The highest BCUT2D eigenvalue weighted by atomic mass is 35.5. The number of carbonyl (C=O) groups excluding carboxylic acids is 3. The second kappa shape index (κ2) is 12.3. The van der Waals surface area contributed by atoms with Crippen molar-refractivity contribution in [2.45, 2.75) is 20.1 Å². The number of barbiturate groups is 1. The highest BCUT2D eigenvalue weighted by Gasteiger charge is 2.36. The Morgan fingerprint density at radius 1 is 0.805 bits per heavy atom. The second-order valence-corrected chi connectivity index (χ2v) is 10.2. The summed E-state index contributed by atoms with van der Waals surface area (Å²) in [5.41, 5.74) is 3.60. The van der Waals surface area contributed by atoms with Gasteiger partial charge in [0.2, 0.25) is 0 Å². The van der Waals surface area contributed by atoms with E-state index in [-0.39, 0.29) is 17.9 Å². The van der Waals surface area contributed by atoms with Crippen LogP contribution in [0.15, 0.2) is 96.6 Å². The van der Waals surface area contributed by atoms with Crippen molar-refractivity contribution < 1.29 is 23.9 Å². The minimum atomic E-state index is -0.839. The van der Waals surface area contributed by atoms with E-state index in [1.165, 1.54) is 6.08 Å². The van der Waals surface area contributed by atoms with E-state index in [4.69, 9.17) is 32.7 Å². The van der Waals surface area contributed by atoms with Gasteiger partial charge in [0.25, 0.3) is 11.8 Å². The summed E-state index contributed by atoms with van der Waals surface area (Å²) in [6.45, 7) is 2.59. The van der Waals surface area contributed by atoms with Crippen LogP contribution >= 0.6 is 23.2 Å². The molecule has 4 aromatic carbocycles. The fraction of sp³-hybridized carbons (Fsp3) is 0.0938. The lowest BCUT2D eigenvalue weighted by molar-refractivity contribution is -0.122. The molecule has 0 aromatic heterocycles. The monoisotopic (exact) mass is 586 g/mol. The van der Waals surface area contributed by atoms with Gasteiger partial charge in [-0.15, -0.1) is 0 Å². The molecule has 0 unspecified atom stereocenters. The maximum Gasteiger partial charge on any atom is 0.335 e. The number of amides is 4. The Morgan fingerprint density at radius 2 is 1.54 bits per heavy atom. The minimum Gasteiger partial charge on any atom is -0.489 e. The molecule has 41 heavy (non-hydrogen) atoms. The zero-order valence-corrected chi connectivity index (χ0v) is 23.4. The predicted octanol–water partition coefficient (Wildman–Crippen LogP) is 7.13. The summed E-state index contributed by atoms with van der Waals surface area (Å²) >= 11 is 12.1. The van der Waals surface area contributed by atoms with Crippen molar-refractivity contribution in [3.8, 4) is 11.5 Å². The largest absolute Gasteiger partial charge is 0.489 e. The van der Waals surface area contributed by atoms with E-state index in [0.717, 1.165) is 21.6 Å². The Hall–Kier alpha value is -4.59. The number of halogens is 2. The van der Waals surface area contributed by atoms with Gasteiger partial charge in [0, 0.05) is 15.6 Å². The summed E-state index contributed by atoms with van der Waals surface area (Å²) in [6, 6.07) is 25.7. The molecular weight excluding hydrogens is 563 g/mol. The quantitative estimate of drug-likeness (QED) is 0.175. The van der Waals surface area contributed by atoms with Crippen molar-refractivity contribution >= 4 is 52.8 Å². The van der Waals surface area contributed by atoms with E-state index >= 15 is 0 Å². The summed E-state index contributed by atoms with van der Waals surface area (Å²) in [5, 5.41) is 3.25. The first-order chi connectivity index (χ1) is 19.8. The van der Waals surface area contributed by atoms with Crippen LogP contribution in [0.5, 0.6) is 11.5 Å². The van der Waals surface area contributed by atoms with Gasteiger partial charge in [0.1, 0.15) is 30.3 Å². The molecule has 1 fully saturated rings. The van der Waals surface area contributed by atoms with Crippen LogP contribution in [0.4, 0.5) is 10.5 Å². The molecule has 1 aliphatic heterocycles. The van der Waals surface area contributed by atoms with Crippen molar-refractivity contribution in [1.29, 1.82) is 0 Å². The van der Waals surface area contributed by atoms with Gasteiger partial charge in [0.15, 0.2) is 0 Å². The molecule has 5 rings (SSSR count). The molecule has 206 valence electrons. The second-order valence-electron chi connectivity index (χ2n) is 9.32. The molecule has 0 spiro atoms. The first-order valence-corrected chi connectivity index (χ1v) is 13.4. The van der Waals surface area contributed by atoms with Gasteiger partial charge in [-0.2, -0.15) is 0 Å². The van der Waals surface area contributed by atoms with Crippen LogP contribution in [0.3, 0.4) is 0 Å². The van der Waals surface area contributed by atoms with Crippen LogP contribution in [-0.2, 0) is 22.8 Å². The molecule has 1 aliphatic rings. The minimum absolute atomic E-state index is 0.182. The lowest BCUT2D eigenvalue weighted by Gasteiger charge is -2.26. The molecule has 0 bridgehead atoms. The number of imide groups is 2. The number of nitrogens with zero attached hydrogens (tertiary/aromatic N) is 1. The van der Waals surface area contributed by atoms with E-state index < -0.39 is 17.8 Å². The molecule has 0 atom stereocenters. The summed E-state index contributed by atoms with van der Waals surface area (Å²) in [5.74, 6) is -0.445. The van der Waals surface area contributed by atoms with Gasteiger partial charge >= 0.3 is 6.03 Å². The third-order valence-electron chi connectivity index (χ3n) is 6.30. The number of ether oxygens (including phenoxy) is 2. The van der Waals surface area contributed by atoms with Crippen LogP contribution in [-0.4, -0.2) is 17.8 Å². The van der Waals surface area contributed by atoms with E-state index in [9.17, 15) is 14.4 Å². The lowest BCUT2D eigenvalue weighted by Crippen LogP contribution is -2.54. The molecule has 9 heteroatoms. The Kier molecular flexibility index (Phi) is 8.38. The summed E-state index contributed by atoms with van der Waals surface area (Å²) in [4.78, 5) is 39.5. The fourth-order valence-corrected chi connectivity index (χ4v) is 4.56. The van der Waals surface area contributed by atoms with Crippen molar-refractivity contribution in [3.63, 3.8) is 0 Å². The molecular formula is C32H24Cl2N2O5. The third-order valence-corrected chi connectivity index (χ3v) is 6.89. The van der Waals surface area contributed by atoms with Crippen molar-refractivity contribution in [2.24, 2.45) is 0 Å². The fourth-order valence-electron chi connectivity index (χ4n) is 4.09. The summed E-state index contributed by atoms with van der Waals surface area (Å²) in [7, 11) is 0. The molecule has 4 aromatic rings. The maximum absolute atomic E-state index is 13.3.